The molecule has 1 atom stereocenters. The molecule has 2 aromatic carbocycles. The molecule has 2 aromatic rings. The van der Waals surface area contributed by atoms with Crippen molar-refractivity contribution in [1.82, 2.24) is 0 Å². The summed E-state index contributed by atoms with van der Waals surface area (Å²) in [7, 11) is 0. The first-order valence-electron chi connectivity index (χ1n) is 7.46. The summed E-state index contributed by atoms with van der Waals surface area (Å²) in [4.78, 5) is 26.0. The van der Waals surface area contributed by atoms with Gasteiger partial charge in [-0.15, -0.1) is 0 Å². The second-order valence-electron chi connectivity index (χ2n) is 5.64. The number of hydrogen-bond acceptors (Lipinski definition) is 2. The number of hydrogen-bond donors (Lipinski definition) is 1. The maximum atomic E-state index is 12.5. The number of nitrogens with zero attached hydrogens (tertiary/aromatic N) is 1. The number of benzene rings is 2. The number of imide groups is 1. The van der Waals surface area contributed by atoms with Gasteiger partial charge in [-0.3, -0.25) is 9.59 Å². The van der Waals surface area contributed by atoms with Crippen LogP contribution in [0.2, 0.25) is 0 Å². The van der Waals surface area contributed by atoms with E-state index in [1.807, 2.05) is 66.8 Å². The van der Waals surface area contributed by atoms with Gasteiger partial charge in [0.1, 0.15) is 6.54 Å². The lowest BCUT2D eigenvalue weighted by atomic mass is 10.2. The number of rotatable bonds is 4. The highest BCUT2D eigenvalue weighted by molar-refractivity contribution is 6.21. The summed E-state index contributed by atoms with van der Waals surface area (Å²) in [6.45, 7) is 2.68. The van der Waals surface area contributed by atoms with Crippen molar-refractivity contribution in [3.8, 4) is 0 Å². The first-order valence-corrected chi connectivity index (χ1v) is 7.46. The lowest BCUT2D eigenvalue weighted by molar-refractivity contribution is -0.690. The Morgan fingerprint density at radius 1 is 1.05 bits per heavy atom. The molecule has 112 valence electrons. The first kappa shape index (κ1) is 14.5. The van der Waals surface area contributed by atoms with Crippen LogP contribution in [0.1, 0.15) is 17.5 Å². The van der Waals surface area contributed by atoms with Crippen molar-refractivity contribution in [3.63, 3.8) is 0 Å². The van der Waals surface area contributed by atoms with Gasteiger partial charge in [-0.25, -0.2) is 4.90 Å². The van der Waals surface area contributed by atoms with E-state index in [0.29, 0.717) is 12.2 Å². The minimum Gasteiger partial charge on any atom is -0.332 e. The van der Waals surface area contributed by atoms with E-state index in [0.717, 1.165) is 11.1 Å². The number of aryl methyl sites for hydroxylation is 1. The third-order valence-electron chi connectivity index (χ3n) is 3.95. The fraction of sp³-hybridized carbons (Fsp3) is 0.222. The zero-order chi connectivity index (χ0) is 15.5. The van der Waals surface area contributed by atoms with Crippen molar-refractivity contribution in [2.24, 2.45) is 0 Å². The predicted molar refractivity (Wildman–Crippen MR) is 84.1 cm³/mol. The van der Waals surface area contributed by atoms with Gasteiger partial charge in [0.2, 0.25) is 5.91 Å². The van der Waals surface area contributed by atoms with Crippen LogP contribution in [0.15, 0.2) is 54.6 Å². The van der Waals surface area contributed by atoms with E-state index >= 15 is 0 Å². The molecular formula is C18H19N2O2+. The average Bonchev–Trinajstić information content (AvgIpc) is 2.82. The number of anilines is 1. The molecular weight excluding hydrogens is 276 g/mol. The second-order valence-corrected chi connectivity index (χ2v) is 5.64. The van der Waals surface area contributed by atoms with Crippen molar-refractivity contribution in [3.05, 3.63) is 65.7 Å². The van der Waals surface area contributed by atoms with Crippen molar-refractivity contribution < 1.29 is 14.9 Å². The maximum absolute atomic E-state index is 12.5. The number of amides is 2. The molecule has 0 saturated carbocycles. The molecule has 1 saturated heterocycles. The molecule has 3 rings (SSSR count). The summed E-state index contributed by atoms with van der Waals surface area (Å²) in [6, 6.07) is 17.1. The molecule has 2 amide bonds. The Bertz CT molecular complexity index is 680. The summed E-state index contributed by atoms with van der Waals surface area (Å²) < 4.78 is 0. The highest BCUT2D eigenvalue weighted by Crippen LogP contribution is 2.21. The van der Waals surface area contributed by atoms with Crippen LogP contribution in [0, 0.1) is 6.92 Å². The molecule has 1 aliphatic rings. The topological polar surface area (TPSA) is 54.0 Å². The van der Waals surface area contributed by atoms with Crippen molar-refractivity contribution in [2.45, 2.75) is 25.9 Å². The van der Waals surface area contributed by atoms with Gasteiger partial charge in [0.05, 0.1) is 12.1 Å². The van der Waals surface area contributed by atoms with E-state index in [1.165, 1.54) is 4.90 Å². The van der Waals surface area contributed by atoms with Gasteiger partial charge in [-0.2, -0.15) is 0 Å². The molecule has 0 bridgehead atoms. The highest BCUT2D eigenvalue weighted by Gasteiger charge is 2.42. The van der Waals surface area contributed by atoms with Crippen LogP contribution in [-0.4, -0.2) is 17.9 Å². The van der Waals surface area contributed by atoms with Crippen LogP contribution in [-0.2, 0) is 16.1 Å². The molecule has 22 heavy (non-hydrogen) atoms. The lowest BCUT2D eigenvalue weighted by Gasteiger charge is -2.14. The van der Waals surface area contributed by atoms with Gasteiger partial charge < -0.3 is 5.32 Å². The van der Waals surface area contributed by atoms with Crippen molar-refractivity contribution in [2.75, 3.05) is 4.90 Å². The Morgan fingerprint density at radius 3 is 2.41 bits per heavy atom. The Hall–Kier alpha value is -2.46. The zero-order valence-electron chi connectivity index (χ0n) is 12.5. The quantitative estimate of drug-likeness (QED) is 0.867. The Kier molecular flexibility index (Phi) is 4.02. The van der Waals surface area contributed by atoms with E-state index in [9.17, 15) is 9.59 Å². The molecule has 4 heteroatoms. The summed E-state index contributed by atoms with van der Waals surface area (Å²) in [5.41, 5.74) is 2.92. The van der Waals surface area contributed by atoms with Gasteiger partial charge >= 0.3 is 0 Å². The fourth-order valence-electron chi connectivity index (χ4n) is 2.70. The first-order chi connectivity index (χ1) is 10.6. The summed E-state index contributed by atoms with van der Waals surface area (Å²) >= 11 is 0. The van der Waals surface area contributed by atoms with Gasteiger partial charge in [-0.05, 0) is 19.1 Å². The van der Waals surface area contributed by atoms with Crippen LogP contribution < -0.4 is 10.2 Å². The van der Waals surface area contributed by atoms with E-state index in [2.05, 4.69) is 0 Å². The number of carbonyl (C=O) groups excluding carboxylic acids is 2. The molecule has 1 fully saturated rings. The van der Waals surface area contributed by atoms with Gasteiger partial charge in [0, 0.05) is 5.56 Å². The van der Waals surface area contributed by atoms with Crippen molar-refractivity contribution >= 4 is 17.5 Å². The second kappa shape index (κ2) is 6.12. The Labute approximate surface area is 129 Å². The molecule has 2 N–H and O–H groups in total. The zero-order valence-corrected chi connectivity index (χ0v) is 12.5. The lowest BCUT2D eigenvalue weighted by Crippen LogP contribution is -2.90. The van der Waals surface area contributed by atoms with Crippen LogP contribution in [0.4, 0.5) is 5.69 Å². The third-order valence-corrected chi connectivity index (χ3v) is 3.95. The van der Waals surface area contributed by atoms with Gasteiger partial charge in [0.15, 0.2) is 6.04 Å². The van der Waals surface area contributed by atoms with E-state index in [-0.39, 0.29) is 24.3 Å². The van der Waals surface area contributed by atoms with Crippen molar-refractivity contribution in [1.29, 1.82) is 0 Å². The summed E-state index contributed by atoms with van der Waals surface area (Å²) in [5.74, 6) is -0.243. The normalized spacial score (nSPS) is 18.0. The van der Waals surface area contributed by atoms with Gasteiger partial charge in [0.25, 0.3) is 5.91 Å². The van der Waals surface area contributed by atoms with E-state index < -0.39 is 0 Å². The molecule has 4 nitrogen and oxygen atoms in total. The van der Waals surface area contributed by atoms with Gasteiger partial charge in [-0.1, -0.05) is 48.0 Å². The minimum atomic E-state index is -0.325. The number of nitrogens with two attached hydrogens (primary N) is 1. The van der Waals surface area contributed by atoms with E-state index in [1.54, 1.807) is 0 Å². The smallest absolute Gasteiger partial charge is 0.292 e. The average molecular weight is 295 g/mol. The van der Waals surface area contributed by atoms with Crippen LogP contribution in [0.5, 0.6) is 0 Å². The standard InChI is InChI=1S/C18H18N2O2/c1-13-7-9-15(10-8-13)20-17(21)11-16(18(20)22)19-12-14-5-3-2-4-6-14/h2-10,16,19H,11-12H2,1H3/p+1/t16-/m1/s1. The third kappa shape index (κ3) is 2.92. The molecule has 0 radical (unpaired) electrons. The minimum absolute atomic E-state index is 0.121. The summed E-state index contributed by atoms with van der Waals surface area (Å²) in [6.07, 6.45) is 0.263. The molecule has 0 aliphatic carbocycles. The molecule has 1 heterocycles. The number of quaternary nitrogens is 1. The van der Waals surface area contributed by atoms with E-state index in [4.69, 9.17) is 0 Å². The Morgan fingerprint density at radius 2 is 1.73 bits per heavy atom. The molecule has 0 unspecified atom stereocenters. The number of carbonyl (C=O) groups is 2. The van der Waals surface area contributed by atoms with Crippen LogP contribution >= 0.6 is 0 Å². The summed E-state index contributed by atoms with van der Waals surface area (Å²) in [5, 5.41) is 1.95. The monoisotopic (exact) mass is 295 g/mol. The Balaban J connectivity index is 1.70. The fourth-order valence-corrected chi connectivity index (χ4v) is 2.70. The SMILES string of the molecule is Cc1ccc(N2C(=O)C[C@@H]([NH2+]Cc3ccccc3)C2=O)cc1. The highest BCUT2D eigenvalue weighted by atomic mass is 16.2. The van der Waals surface area contributed by atoms with Crippen LogP contribution in [0.3, 0.4) is 0 Å². The molecule has 1 aliphatic heterocycles. The maximum Gasteiger partial charge on any atom is 0.292 e. The molecule has 0 spiro atoms. The van der Waals surface area contributed by atoms with Crippen LogP contribution in [0.25, 0.3) is 0 Å². The molecule has 0 aromatic heterocycles. The predicted octanol–water partition coefficient (Wildman–Crippen LogP) is 1.39. The largest absolute Gasteiger partial charge is 0.332 e.